The van der Waals surface area contributed by atoms with Crippen LogP contribution in [0.25, 0.3) is 0 Å². The topological polar surface area (TPSA) is 101 Å². The Morgan fingerprint density at radius 2 is 1.55 bits per heavy atom. The van der Waals surface area contributed by atoms with E-state index in [0.29, 0.717) is 25.2 Å². The Hall–Kier alpha value is -2.33. The molecule has 0 saturated carbocycles. The molecule has 0 N–H and O–H groups in total. The van der Waals surface area contributed by atoms with Gasteiger partial charge in [-0.2, -0.15) is 4.90 Å². The van der Waals surface area contributed by atoms with Gasteiger partial charge in [-0.1, -0.05) is 22.9 Å². The highest BCUT2D eigenvalue weighted by atomic mass is 79.9. The molecule has 4 atom stereocenters. The van der Waals surface area contributed by atoms with Gasteiger partial charge in [0, 0.05) is 11.1 Å². The molecule has 38 heavy (non-hydrogen) atoms. The highest BCUT2D eigenvalue weighted by Crippen LogP contribution is 2.28. The van der Waals surface area contributed by atoms with Crippen molar-refractivity contribution in [3.05, 3.63) is 28.7 Å². The van der Waals surface area contributed by atoms with E-state index >= 15 is 0 Å². The molecule has 1 fully saturated rings. The highest BCUT2D eigenvalue weighted by molar-refractivity contribution is 9.10. The average molecular weight is 601 g/mol. The summed E-state index contributed by atoms with van der Waals surface area (Å²) in [5, 5.41) is 0. The number of hydrogen-bond donors (Lipinski definition) is 0. The summed E-state index contributed by atoms with van der Waals surface area (Å²) in [6, 6.07) is 6.12. The van der Waals surface area contributed by atoms with Gasteiger partial charge in [0.05, 0.1) is 6.10 Å². The Kier molecular flexibility index (Phi) is 11.4. The number of rotatable bonds is 6. The molecule has 0 radical (unpaired) electrons. The molecule has 10 heteroatoms. The van der Waals surface area contributed by atoms with Crippen LogP contribution in [0.5, 0.6) is 5.75 Å². The van der Waals surface area contributed by atoms with E-state index in [0.717, 1.165) is 15.8 Å². The monoisotopic (exact) mass is 599 g/mol. The third-order valence-corrected chi connectivity index (χ3v) is 6.01. The summed E-state index contributed by atoms with van der Waals surface area (Å²) in [6.45, 7) is 14.3. The summed E-state index contributed by atoms with van der Waals surface area (Å²) in [7, 11) is 0. The molecular weight excluding hydrogens is 558 g/mol. The summed E-state index contributed by atoms with van der Waals surface area (Å²) in [5.41, 5.74) is -1.79. The van der Waals surface area contributed by atoms with Crippen molar-refractivity contribution >= 4 is 34.1 Å². The molecule has 1 aromatic rings. The number of carbonyl (C=O) groups excluding carboxylic acids is 3. The maximum Gasteiger partial charge on any atom is 0.420 e. The van der Waals surface area contributed by atoms with Gasteiger partial charge in [0.2, 0.25) is 0 Å². The fraction of sp³-hybridized carbons (Fsp3) is 0.679. The van der Waals surface area contributed by atoms with Crippen LogP contribution in [-0.4, -0.2) is 65.2 Å². The molecular formula is C28H42BrNO8. The van der Waals surface area contributed by atoms with Gasteiger partial charge in [0.25, 0.3) is 0 Å². The van der Waals surface area contributed by atoms with Crippen LogP contribution >= 0.6 is 15.9 Å². The second-order valence-electron chi connectivity index (χ2n) is 11.4. The van der Waals surface area contributed by atoms with Crippen LogP contribution in [0, 0.1) is 0 Å². The maximum absolute atomic E-state index is 13.5. The van der Waals surface area contributed by atoms with E-state index in [1.165, 1.54) is 0 Å². The van der Waals surface area contributed by atoms with Crippen molar-refractivity contribution in [2.45, 2.75) is 117 Å². The van der Waals surface area contributed by atoms with Gasteiger partial charge >= 0.3 is 18.2 Å². The summed E-state index contributed by atoms with van der Waals surface area (Å²) in [4.78, 5) is 40.6. The molecule has 0 unspecified atom stereocenters. The Morgan fingerprint density at radius 3 is 2.05 bits per heavy atom. The lowest BCUT2D eigenvalue weighted by Gasteiger charge is -2.33. The SMILES string of the molecule is CCCO[C@H]1CCC[C@H](N(C(=O)OC(C)(C)C)C(=O)OC(C)(C)C)C(=O)O[C@@H](C)[C@@H]1Oc1ccc(Br)cc1. The minimum atomic E-state index is -1.24. The minimum absolute atomic E-state index is 0.154. The van der Waals surface area contributed by atoms with Crippen LogP contribution in [0.2, 0.25) is 0 Å². The molecule has 1 saturated heterocycles. The second-order valence-corrected chi connectivity index (χ2v) is 12.3. The van der Waals surface area contributed by atoms with Crippen LogP contribution in [0.4, 0.5) is 9.59 Å². The van der Waals surface area contributed by atoms with Crippen LogP contribution in [0.1, 0.15) is 81.1 Å². The van der Waals surface area contributed by atoms with Crippen LogP contribution in [-0.2, 0) is 23.7 Å². The van der Waals surface area contributed by atoms with Crippen LogP contribution in [0.3, 0.4) is 0 Å². The molecule has 2 rings (SSSR count). The number of cyclic esters (lactones) is 1. The molecule has 1 aromatic carbocycles. The Labute approximate surface area is 234 Å². The summed E-state index contributed by atoms with van der Waals surface area (Å²) in [5.74, 6) is -0.138. The number of imide groups is 1. The first-order valence-electron chi connectivity index (χ1n) is 13.1. The zero-order valence-electron chi connectivity index (χ0n) is 23.7. The van der Waals surface area contributed by atoms with E-state index < -0.39 is 47.6 Å². The Balaban J connectivity index is 2.39. The van der Waals surface area contributed by atoms with E-state index in [4.69, 9.17) is 23.7 Å². The quantitative estimate of drug-likeness (QED) is 0.264. The molecule has 9 nitrogen and oxygen atoms in total. The van der Waals surface area contributed by atoms with Gasteiger partial charge in [0.15, 0.2) is 6.10 Å². The molecule has 1 heterocycles. The lowest BCUT2D eigenvalue weighted by molar-refractivity contribution is -0.162. The first-order valence-corrected chi connectivity index (χ1v) is 13.9. The Morgan fingerprint density at radius 1 is 1.00 bits per heavy atom. The highest BCUT2D eigenvalue weighted by Gasteiger charge is 2.44. The van der Waals surface area contributed by atoms with E-state index in [1.54, 1.807) is 48.5 Å². The number of ether oxygens (including phenoxy) is 5. The zero-order valence-corrected chi connectivity index (χ0v) is 25.3. The minimum Gasteiger partial charge on any atom is -0.484 e. The molecule has 0 aliphatic carbocycles. The fourth-order valence-corrected chi connectivity index (χ4v) is 4.17. The largest absolute Gasteiger partial charge is 0.484 e. The lowest BCUT2D eigenvalue weighted by atomic mass is 10.0. The molecule has 0 bridgehead atoms. The number of benzene rings is 1. The lowest BCUT2D eigenvalue weighted by Crippen LogP contribution is -2.53. The zero-order chi connectivity index (χ0) is 28.7. The number of esters is 1. The molecule has 1 aliphatic rings. The van der Waals surface area contributed by atoms with Crippen molar-refractivity contribution in [1.82, 2.24) is 4.90 Å². The van der Waals surface area contributed by atoms with Crippen molar-refractivity contribution in [3.63, 3.8) is 0 Å². The average Bonchev–Trinajstić information content (AvgIpc) is 2.82. The van der Waals surface area contributed by atoms with Crippen molar-refractivity contribution in [3.8, 4) is 5.75 Å². The van der Waals surface area contributed by atoms with Gasteiger partial charge in [0.1, 0.15) is 29.1 Å². The number of nitrogens with zero attached hydrogens (tertiary/aromatic N) is 1. The predicted octanol–water partition coefficient (Wildman–Crippen LogP) is 6.65. The maximum atomic E-state index is 13.5. The van der Waals surface area contributed by atoms with Crippen molar-refractivity contribution in [2.75, 3.05) is 6.61 Å². The number of halogens is 1. The third-order valence-electron chi connectivity index (χ3n) is 5.48. The second kappa shape index (κ2) is 13.6. The molecule has 0 spiro atoms. The molecule has 214 valence electrons. The van der Waals surface area contributed by atoms with Gasteiger partial charge in [-0.25, -0.2) is 14.4 Å². The molecule has 1 aliphatic heterocycles. The van der Waals surface area contributed by atoms with E-state index in [-0.39, 0.29) is 12.5 Å². The standard InChI is InChI=1S/C28H42BrNO8/c1-9-17-34-22-12-10-11-21(30(25(32)37-27(3,4)5)26(33)38-28(6,7)8)24(31)35-18(2)23(22)36-20-15-13-19(29)14-16-20/h13-16,18,21-23H,9-12,17H2,1-8H3/t18-,21-,22-,23-/m0/s1. The molecule has 0 aromatic heterocycles. The summed E-state index contributed by atoms with van der Waals surface area (Å²) >= 11 is 3.42. The number of hydrogen-bond acceptors (Lipinski definition) is 8. The van der Waals surface area contributed by atoms with Crippen LogP contribution in [0.15, 0.2) is 28.7 Å². The van der Waals surface area contributed by atoms with Crippen molar-refractivity contribution in [2.24, 2.45) is 0 Å². The summed E-state index contributed by atoms with van der Waals surface area (Å²) in [6.07, 6.45) is -1.72. The smallest absolute Gasteiger partial charge is 0.420 e. The van der Waals surface area contributed by atoms with Gasteiger partial charge in [-0.15, -0.1) is 0 Å². The predicted molar refractivity (Wildman–Crippen MR) is 146 cm³/mol. The number of carbonyl (C=O) groups is 3. The number of amides is 2. The molecule has 2 amide bonds. The fourth-order valence-electron chi connectivity index (χ4n) is 3.90. The normalized spacial score (nSPS) is 22.8. The van der Waals surface area contributed by atoms with Gasteiger partial charge < -0.3 is 23.7 Å². The van der Waals surface area contributed by atoms with E-state index in [1.807, 2.05) is 31.2 Å². The van der Waals surface area contributed by atoms with E-state index in [9.17, 15) is 14.4 Å². The van der Waals surface area contributed by atoms with Gasteiger partial charge in [-0.05, 0) is 98.4 Å². The third kappa shape index (κ3) is 10.1. The Bertz CT molecular complexity index is 910. The van der Waals surface area contributed by atoms with Crippen molar-refractivity contribution in [1.29, 1.82) is 0 Å². The van der Waals surface area contributed by atoms with Crippen LogP contribution < -0.4 is 4.74 Å². The summed E-state index contributed by atoms with van der Waals surface area (Å²) < 4.78 is 30.1. The van der Waals surface area contributed by atoms with Crippen molar-refractivity contribution < 1.29 is 38.1 Å². The van der Waals surface area contributed by atoms with E-state index in [2.05, 4.69) is 15.9 Å². The first kappa shape index (κ1) is 31.9. The van der Waals surface area contributed by atoms with Gasteiger partial charge in [-0.3, -0.25) is 0 Å². The first-order chi connectivity index (χ1) is 17.6.